The Bertz CT molecular complexity index is 291. The third-order valence-corrected chi connectivity index (χ3v) is 3.12. The number of piperidine rings is 1. The third kappa shape index (κ3) is 4.00. The van der Waals surface area contributed by atoms with Crippen LogP contribution in [0.2, 0.25) is 0 Å². The summed E-state index contributed by atoms with van der Waals surface area (Å²) in [6, 6.07) is -0.498. The molecule has 1 fully saturated rings. The monoisotopic (exact) mass is 242 g/mol. The maximum atomic E-state index is 12.0. The second kappa shape index (κ2) is 6.00. The van der Waals surface area contributed by atoms with Crippen molar-refractivity contribution in [2.45, 2.75) is 39.2 Å². The van der Waals surface area contributed by atoms with E-state index in [1.807, 2.05) is 13.8 Å². The van der Waals surface area contributed by atoms with Gasteiger partial charge in [0.25, 0.3) is 0 Å². The quantitative estimate of drug-likeness (QED) is 0.759. The summed E-state index contributed by atoms with van der Waals surface area (Å²) in [6.45, 7) is 4.97. The van der Waals surface area contributed by atoms with Crippen LogP contribution >= 0.6 is 0 Å². The highest BCUT2D eigenvalue weighted by Crippen LogP contribution is 2.18. The van der Waals surface area contributed by atoms with Crippen LogP contribution in [0.3, 0.4) is 0 Å². The van der Waals surface area contributed by atoms with Crippen LogP contribution in [0.1, 0.15) is 33.1 Å². The predicted molar refractivity (Wildman–Crippen MR) is 64.4 cm³/mol. The van der Waals surface area contributed by atoms with Gasteiger partial charge in [-0.3, -0.25) is 9.59 Å². The number of hydrogen-bond acceptors (Lipinski definition) is 3. The molecule has 0 aromatic heterocycles. The fraction of sp³-hybridized carbons (Fsp3) is 0.833. The van der Waals surface area contributed by atoms with Crippen LogP contribution in [-0.4, -0.2) is 41.0 Å². The van der Waals surface area contributed by atoms with E-state index in [1.54, 1.807) is 4.90 Å². The Hall–Kier alpha value is -1.10. The average Bonchev–Trinajstić information content (AvgIpc) is 2.27. The molecule has 98 valence electrons. The Kier molecular flexibility index (Phi) is 4.93. The lowest BCUT2D eigenvalue weighted by molar-refractivity contribution is -0.146. The molecule has 1 amide bonds. The first-order chi connectivity index (χ1) is 7.91. The Balaban J connectivity index is 2.54. The van der Waals surface area contributed by atoms with E-state index in [2.05, 4.69) is 0 Å². The molecule has 3 N–H and O–H groups in total. The van der Waals surface area contributed by atoms with Crippen LogP contribution < -0.4 is 5.73 Å². The first-order valence-corrected chi connectivity index (χ1v) is 6.19. The Morgan fingerprint density at radius 2 is 2.12 bits per heavy atom. The van der Waals surface area contributed by atoms with Gasteiger partial charge >= 0.3 is 5.97 Å². The van der Waals surface area contributed by atoms with E-state index >= 15 is 0 Å². The molecule has 0 bridgehead atoms. The molecule has 5 heteroatoms. The van der Waals surface area contributed by atoms with E-state index in [9.17, 15) is 9.59 Å². The van der Waals surface area contributed by atoms with Gasteiger partial charge in [0.15, 0.2) is 0 Å². The largest absolute Gasteiger partial charge is 0.481 e. The van der Waals surface area contributed by atoms with Crippen molar-refractivity contribution in [1.82, 2.24) is 4.90 Å². The minimum atomic E-state index is -0.820. The van der Waals surface area contributed by atoms with Crippen molar-refractivity contribution < 1.29 is 14.7 Å². The summed E-state index contributed by atoms with van der Waals surface area (Å²) in [6.07, 6.45) is 2.04. The molecule has 1 unspecified atom stereocenters. The molecule has 0 radical (unpaired) electrons. The lowest BCUT2D eigenvalue weighted by atomic mass is 9.96. The summed E-state index contributed by atoms with van der Waals surface area (Å²) in [5, 5.41) is 8.95. The van der Waals surface area contributed by atoms with Crippen molar-refractivity contribution in [3.8, 4) is 0 Å². The normalized spacial score (nSPS) is 22.6. The van der Waals surface area contributed by atoms with E-state index in [4.69, 9.17) is 10.8 Å². The molecular weight excluding hydrogens is 220 g/mol. The number of rotatable bonds is 4. The zero-order valence-electron chi connectivity index (χ0n) is 10.6. The number of nitrogens with two attached hydrogens (primary N) is 1. The third-order valence-electron chi connectivity index (χ3n) is 3.12. The van der Waals surface area contributed by atoms with E-state index < -0.39 is 17.9 Å². The number of amides is 1. The van der Waals surface area contributed by atoms with Crippen LogP contribution in [0.5, 0.6) is 0 Å². The standard InChI is InChI=1S/C12H22N2O3/c1-8(2)6-10(13)11(15)14-5-3-4-9(7-14)12(16)17/h8-10H,3-7,13H2,1-2H3,(H,16,17)/t9-,10?/m1/s1. The van der Waals surface area contributed by atoms with E-state index in [0.717, 1.165) is 6.42 Å². The Labute approximate surface area is 102 Å². The topological polar surface area (TPSA) is 83.6 Å². The Morgan fingerprint density at radius 1 is 1.47 bits per heavy atom. The summed E-state index contributed by atoms with van der Waals surface area (Å²) in [5.41, 5.74) is 5.83. The molecule has 1 rings (SSSR count). The molecule has 1 aliphatic heterocycles. The molecule has 0 aromatic rings. The molecule has 1 saturated heterocycles. The van der Waals surface area contributed by atoms with Gasteiger partial charge < -0.3 is 15.7 Å². The van der Waals surface area contributed by atoms with Gasteiger partial charge in [0, 0.05) is 13.1 Å². The lowest BCUT2D eigenvalue weighted by Crippen LogP contribution is -2.49. The SMILES string of the molecule is CC(C)CC(N)C(=O)N1CCC[C@@H](C(=O)O)C1. The number of carbonyl (C=O) groups is 2. The molecule has 1 aliphatic rings. The summed E-state index contributed by atoms with van der Waals surface area (Å²) in [4.78, 5) is 24.5. The number of carbonyl (C=O) groups excluding carboxylic acids is 1. The van der Waals surface area contributed by atoms with Crippen LogP contribution in [-0.2, 0) is 9.59 Å². The fourth-order valence-corrected chi connectivity index (χ4v) is 2.22. The maximum Gasteiger partial charge on any atom is 0.308 e. The van der Waals surface area contributed by atoms with Gasteiger partial charge in [-0.15, -0.1) is 0 Å². The predicted octanol–water partition coefficient (Wildman–Crippen LogP) is 0.683. The van der Waals surface area contributed by atoms with E-state index in [-0.39, 0.29) is 5.91 Å². The van der Waals surface area contributed by atoms with Crippen molar-refractivity contribution in [1.29, 1.82) is 0 Å². The number of carboxylic acid groups (broad SMARTS) is 1. The van der Waals surface area contributed by atoms with Crippen molar-refractivity contribution in [3.05, 3.63) is 0 Å². The Morgan fingerprint density at radius 3 is 2.65 bits per heavy atom. The fourth-order valence-electron chi connectivity index (χ4n) is 2.22. The van der Waals surface area contributed by atoms with Crippen molar-refractivity contribution in [2.75, 3.05) is 13.1 Å². The molecule has 1 heterocycles. The van der Waals surface area contributed by atoms with Gasteiger partial charge in [-0.25, -0.2) is 0 Å². The van der Waals surface area contributed by atoms with Crippen LogP contribution in [0, 0.1) is 11.8 Å². The second-order valence-corrected chi connectivity index (χ2v) is 5.20. The molecule has 2 atom stereocenters. The molecule has 0 saturated carbocycles. The summed E-state index contributed by atoms with van der Waals surface area (Å²) >= 11 is 0. The molecule has 0 aliphatic carbocycles. The number of nitrogens with zero attached hydrogens (tertiary/aromatic N) is 1. The van der Waals surface area contributed by atoms with Gasteiger partial charge in [0.1, 0.15) is 0 Å². The zero-order valence-corrected chi connectivity index (χ0v) is 10.6. The van der Waals surface area contributed by atoms with Crippen LogP contribution in [0.25, 0.3) is 0 Å². The number of likely N-dealkylation sites (tertiary alicyclic amines) is 1. The molecule has 5 nitrogen and oxygen atoms in total. The average molecular weight is 242 g/mol. The minimum Gasteiger partial charge on any atom is -0.481 e. The van der Waals surface area contributed by atoms with Crippen molar-refractivity contribution in [3.63, 3.8) is 0 Å². The van der Waals surface area contributed by atoms with Crippen LogP contribution in [0.4, 0.5) is 0 Å². The molecule has 17 heavy (non-hydrogen) atoms. The van der Waals surface area contributed by atoms with Gasteiger partial charge in [0.05, 0.1) is 12.0 Å². The number of carboxylic acids is 1. The summed E-state index contributed by atoms with van der Waals surface area (Å²) in [5.74, 6) is -0.988. The molecule has 0 aromatic carbocycles. The molecule has 0 spiro atoms. The van der Waals surface area contributed by atoms with Gasteiger partial charge in [-0.2, -0.15) is 0 Å². The highest BCUT2D eigenvalue weighted by atomic mass is 16.4. The highest BCUT2D eigenvalue weighted by Gasteiger charge is 2.30. The van der Waals surface area contributed by atoms with E-state index in [1.165, 1.54) is 0 Å². The first kappa shape index (κ1) is 14.0. The van der Waals surface area contributed by atoms with Gasteiger partial charge in [0.2, 0.25) is 5.91 Å². The minimum absolute atomic E-state index is 0.107. The van der Waals surface area contributed by atoms with Gasteiger partial charge in [-0.05, 0) is 25.2 Å². The van der Waals surface area contributed by atoms with Crippen LogP contribution in [0.15, 0.2) is 0 Å². The molecular formula is C12H22N2O3. The van der Waals surface area contributed by atoms with Gasteiger partial charge in [-0.1, -0.05) is 13.8 Å². The van der Waals surface area contributed by atoms with Crippen molar-refractivity contribution >= 4 is 11.9 Å². The van der Waals surface area contributed by atoms with Crippen molar-refractivity contribution in [2.24, 2.45) is 17.6 Å². The summed E-state index contributed by atoms with van der Waals surface area (Å²) in [7, 11) is 0. The lowest BCUT2D eigenvalue weighted by Gasteiger charge is -2.32. The number of hydrogen-bond donors (Lipinski definition) is 2. The maximum absolute atomic E-state index is 12.0. The number of aliphatic carboxylic acids is 1. The van der Waals surface area contributed by atoms with E-state index in [0.29, 0.717) is 31.8 Å². The smallest absolute Gasteiger partial charge is 0.308 e. The first-order valence-electron chi connectivity index (χ1n) is 6.19. The highest BCUT2D eigenvalue weighted by molar-refractivity contribution is 5.82. The summed E-state index contributed by atoms with van der Waals surface area (Å²) < 4.78 is 0. The zero-order chi connectivity index (χ0) is 13.0. The second-order valence-electron chi connectivity index (χ2n) is 5.20.